The fourth-order valence-corrected chi connectivity index (χ4v) is 7.45. The van der Waals surface area contributed by atoms with Crippen LogP contribution >= 0.6 is 0 Å². The Morgan fingerprint density at radius 3 is 1.86 bits per heavy atom. The summed E-state index contributed by atoms with van der Waals surface area (Å²) in [5, 5.41) is 25.8. The van der Waals surface area contributed by atoms with Gasteiger partial charge in [-0.2, -0.15) is 10.5 Å². The Hall–Kier alpha value is -7.08. The number of fused-ring (bicyclic) bond motifs is 10. The number of hydrogen-bond donors (Lipinski definition) is 0. The molecule has 0 saturated heterocycles. The van der Waals surface area contributed by atoms with Crippen LogP contribution in [0.15, 0.2) is 148 Å². The smallest absolute Gasteiger partial charge is 0.147 e. The molecule has 7 aromatic carbocycles. The number of furan rings is 2. The summed E-state index contributed by atoms with van der Waals surface area (Å²) < 4.78 is 15.2. The standard InChI is InChI=1S/C44H23N3O2/c45-24-26-12-14-27(15-13-26)28-16-19-39-35(22-28)34-18-21-41-42(44(34)49-39)36-23-29(17-20-40(36)48-41)31-9-5-6-30(25-46)43(31)47-37-10-3-1-7-32(37)33-8-2-4-11-38(33)47/h1-23H. The highest BCUT2D eigenvalue weighted by atomic mass is 16.3. The van der Waals surface area contributed by atoms with Crippen molar-refractivity contribution in [3.8, 4) is 40.1 Å². The Balaban J connectivity index is 1.21. The van der Waals surface area contributed by atoms with Gasteiger partial charge >= 0.3 is 0 Å². The molecule has 0 atom stereocenters. The number of nitrogens with zero attached hydrogens (tertiary/aromatic N) is 3. The zero-order valence-electron chi connectivity index (χ0n) is 25.9. The second-order valence-corrected chi connectivity index (χ2v) is 12.3. The second-order valence-electron chi connectivity index (χ2n) is 12.3. The van der Waals surface area contributed by atoms with Crippen LogP contribution in [0.2, 0.25) is 0 Å². The van der Waals surface area contributed by atoms with Crippen molar-refractivity contribution >= 4 is 65.7 Å². The zero-order chi connectivity index (χ0) is 32.6. The molecule has 0 aliphatic carbocycles. The van der Waals surface area contributed by atoms with Gasteiger partial charge in [-0.15, -0.1) is 0 Å². The highest BCUT2D eigenvalue weighted by Gasteiger charge is 2.21. The van der Waals surface area contributed by atoms with Crippen LogP contribution in [0.3, 0.4) is 0 Å². The summed E-state index contributed by atoms with van der Waals surface area (Å²) in [7, 11) is 0. The minimum atomic E-state index is 0.596. The quantitative estimate of drug-likeness (QED) is 0.196. The van der Waals surface area contributed by atoms with E-state index in [-0.39, 0.29) is 0 Å². The minimum Gasteiger partial charge on any atom is -0.456 e. The molecule has 3 heterocycles. The van der Waals surface area contributed by atoms with Gasteiger partial charge < -0.3 is 13.4 Å². The van der Waals surface area contributed by atoms with Crippen molar-refractivity contribution in [2.24, 2.45) is 0 Å². The van der Waals surface area contributed by atoms with Crippen molar-refractivity contribution in [1.29, 1.82) is 10.5 Å². The van der Waals surface area contributed by atoms with Gasteiger partial charge in [0.15, 0.2) is 0 Å². The highest BCUT2D eigenvalue weighted by molar-refractivity contribution is 6.22. The molecule has 5 heteroatoms. The zero-order valence-corrected chi connectivity index (χ0v) is 25.9. The van der Waals surface area contributed by atoms with E-state index in [2.05, 4.69) is 83.4 Å². The molecule has 0 unspecified atom stereocenters. The van der Waals surface area contributed by atoms with Crippen molar-refractivity contribution in [1.82, 2.24) is 4.57 Å². The van der Waals surface area contributed by atoms with Gasteiger partial charge in [0.25, 0.3) is 0 Å². The van der Waals surface area contributed by atoms with Gasteiger partial charge in [0.1, 0.15) is 28.4 Å². The monoisotopic (exact) mass is 625 g/mol. The average molecular weight is 626 g/mol. The van der Waals surface area contributed by atoms with E-state index in [0.29, 0.717) is 11.1 Å². The molecule has 3 aromatic heterocycles. The van der Waals surface area contributed by atoms with E-state index in [4.69, 9.17) is 8.83 Å². The van der Waals surface area contributed by atoms with Gasteiger partial charge in [-0.05, 0) is 83.4 Å². The molecule has 0 spiro atoms. The topological polar surface area (TPSA) is 78.8 Å². The van der Waals surface area contributed by atoms with Gasteiger partial charge in [0.05, 0.1) is 39.3 Å². The lowest BCUT2D eigenvalue weighted by Crippen LogP contribution is -2.00. The Labute approximate surface area is 279 Å². The first-order chi connectivity index (χ1) is 24.2. The Morgan fingerprint density at radius 1 is 0.469 bits per heavy atom. The van der Waals surface area contributed by atoms with E-state index >= 15 is 0 Å². The predicted octanol–water partition coefficient (Wildman–Crippen LogP) is 11.7. The molecule has 10 rings (SSSR count). The first kappa shape index (κ1) is 27.1. The molecule has 0 bridgehead atoms. The van der Waals surface area contributed by atoms with E-state index in [1.54, 1.807) is 0 Å². The second kappa shape index (κ2) is 10.2. The van der Waals surface area contributed by atoms with Gasteiger partial charge in [-0.25, -0.2) is 0 Å². The van der Waals surface area contributed by atoms with Crippen LogP contribution < -0.4 is 0 Å². The molecular formula is C44H23N3O2. The third kappa shape index (κ3) is 3.91. The molecule has 0 saturated carbocycles. The maximum atomic E-state index is 10.4. The Morgan fingerprint density at radius 2 is 1.12 bits per heavy atom. The van der Waals surface area contributed by atoms with E-state index in [1.807, 2.05) is 72.8 Å². The number of rotatable bonds is 3. The van der Waals surface area contributed by atoms with Crippen molar-refractivity contribution in [2.75, 3.05) is 0 Å². The molecule has 0 N–H and O–H groups in total. The summed E-state index contributed by atoms with van der Waals surface area (Å²) >= 11 is 0. The minimum absolute atomic E-state index is 0.596. The van der Waals surface area contributed by atoms with Crippen molar-refractivity contribution < 1.29 is 8.83 Å². The number of hydrogen-bond acceptors (Lipinski definition) is 4. The predicted molar refractivity (Wildman–Crippen MR) is 196 cm³/mol. The summed E-state index contributed by atoms with van der Waals surface area (Å²) in [6, 6.07) is 51.4. The lowest BCUT2D eigenvalue weighted by molar-refractivity contribution is 0.663. The number of para-hydroxylation sites is 3. The van der Waals surface area contributed by atoms with Gasteiger partial charge in [-0.1, -0.05) is 72.8 Å². The van der Waals surface area contributed by atoms with Crippen molar-refractivity contribution in [3.63, 3.8) is 0 Å². The molecule has 49 heavy (non-hydrogen) atoms. The normalized spacial score (nSPS) is 11.6. The van der Waals surface area contributed by atoms with Crippen LogP contribution in [0.4, 0.5) is 0 Å². The van der Waals surface area contributed by atoms with E-state index in [0.717, 1.165) is 93.6 Å². The SMILES string of the molecule is N#Cc1ccc(-c2ccc3oc4c(ccc5oc6ccc(-c7cccc(C#N)c7-n7c8ccccc8c8ccccc87)cc6c54)c3c2)cc1. The number of aromatic nitrogens is 1. The van der Waals surface area contributed by atoms with Gasteiger partial charge in [-0.3, -0.25) is 0 Å². The van der Waals surface area contributed by atoms with Crippen LogP contribution in [-0.4, -0.2) is 4.57 Å². The lowest BCUT2D eigenvalue weighted by atomic mass is 9.97. The van der Waals surface area contributed by atoms with E-state index in [9.17, 15) is 10.5 Å². The molecular weight excluding hydrogens is 603 g/mol. The molecule has 0 aliphatic heterocycles. The molecule has 0 amide bonds. The molecule has 5 nitrogen and oxygen atoms in total. The van der Waals surface area contributed by atoms with Crippen LogP contribution in [0.1, 0.15) is 11.1 Å². The first-order valence-corrected chi connectivity index (χ1v) is 16.0. The van der Waals surface area contributed by atoms with E-state index < -0.39 is 0 Å². The van der Waals surface area contributed by atoms with Crippen molar-refractivity contribution in [2.45, 2.75) is 0 Å². The van der Waals surface area contributed by atoms with E-state index in [1.165, 1.54) is 0 Å². The third-order valence-corrected chi connectivity index (χ3v) is 9.69. The Bertz CT molecular complexity index is 3020. The lowest BCUT2D eigenvalue weighted by Gasteiger charge is -2.16. The highest BCUT2D eigenvalue weighted by Crippen LogP contribution is 2.43. The maximum Gasteiger partial charge on any atom is 0.147 e. The number of nitriles is 2. The van der Waals surface area contributed by atoms with Gasteiger partial charge in [0, 0.05) is 32.5 Å². The molecule has 0 fully saturated rings. The maximum absolute atomic E-state index is 10.4. The van der Waals surface area contributed by atoms with Crippen molar-refractivity contribution in [3.05, 3.63) is 151 Å². The molecule has 10 aromatic rings. The molecule has 0 radical (unpaired) electrons. The molecule has 226 valence electrons. The van der Waals surface area contributed by atoms with Crippen LogP contribution in [0, 0.1) is 22.7 Å². The summed E-state index contributed by atoms with van der Waals surface area (Å²) in [5.41, 5.74) is 11.3. The fourth-order valence-electron chi connectivity index (χ4n) is 7.45. The van der Waals surface area contributed by atoms with Crippen LogP contribution in [-0.2, 0) is 0 Å². The first-order valence-electron chi connectivity index (χ1n) is 16.0. The summed E-state index contributed by atoms with van der Waals surface area (Å²) in [6.45, 7) is 0. The van der Waals surface area contributed by atoms with Crippen LogP contribution in [0.25, 0.3) is 93.6 Å². The fraction of sp³-hybridized carbons (Fsp3) is 0. The summed E-state index contributed by atoms with van der Waals surface area (Å²) in [6.07, 6.45) is 0. The van der Waals surface area contributed by atoms with Crippen LogP contribution in [0.5, 0.6) is 0 Å². The Kier molecular flexibility index (Phi) is 5.64. The summed E-state index contributed by atoms with van der Waals surface area (Å²) in [5.74, 6) is 0. The third-order valence-electron chi connectivity index (χ3n) is 9.69. The summed E-state index contributed by atoms with van der Waals surface area (Å²) in [4.78, 5) is 0. The molecule has 0 aliphatic rings. The van der Waals surface area contributed by atoms with Gasteiger partial charge in [0.2, 0.25) is 0 Å². The largest absolute Gasteiger partial charge is 0.456 e. The number of benzene rings is 7. The average Bonchev–Trinajstić information content (AvgIpc) is 3.83.